The Kier molecular flexibility index (Phi) is 3.95. The number of aromatic amines is 1. The zero-order valence-electron chi connectivity index (χ0n) is 12.6. The first kappa shape index (κ1) is 15.0. The van der Waals surface area contributed by atoms with Crippen molar-refractivity contribution in [3.8, 4) is 11.1 Å². The van der Waals surface area contributed by atoms with Gasteiger partial charge in [0.1, 0.15) is 5.41 Å². The molecular formula is C18H18N4O. The summed E-state index contributed by atoms with van der Waals surface area (Å²) in [5, 5.41) is 6.73. The lowest BCUT2D eigenvalue weighted by molar-refractivity contribution is -0.121. The fraction of sp³-hybridized carbons (Fsp3) is 0.111. The molecule has 5 nitrogen and oxygen atoms in total. The number of H-pyrrole nitrogens is 1. The summed E-state index contributed by atoms with van der Waals surface area (Å²) in [4.78, 5) is 12.3. The van der Waals surface area contributed by atoms with Gasteiger partial charge in [-0.1, -0.05) is 54.6 Å². The van der Waals surface area contributed by atoms with Crippen LogP contribution in [-0.2, 0) is 10.2 Å². The molecule has 116 valence electrons. The number of rotatable bonds is 5. The SMILES string of the molecule is NCC(C(N)=O)(c1ccccc1)c1ccc(-c2cn[nH]c2)cc1. The minimum Gasteiger partial charge on any atom is -0.369 e. The highest BCUT2D eigenvalue weighted by atomic mass is 16.1. The van der Waals surface area contributed by atoms with Crippen LogP contribution in [0.25, 0.3) is 11.1 Å². The number of primary amides is 1. The van der Waals surface area contributed by atoms with Crippen molar-refractivity contribution in [2.24, 2.45) is 11.5 Å². The average Bonchev–Trinajstić information content (AvgIpc) is 3.12. The summed E-state index contributed by atoms with van der Waals surface area (Å²) < 4.78 is 0. The van der Waals surface area contributed by atoms with E-state index in [1.54, 1.807) is 6.20 Å². The van der Waals surface area contributed by atoms with Gasteiger partial charge in [0.05, 0.1) is 6.20 Å². The van der Waals surface area contributed by atoms with Gasteiger partial charge in [0.25, 0.3) is 0 Å². The lowest BCUT2D eigenvalue weighted by Crippen LogP contribution is -2.48. The number of hydrogen-bond acceptors (Lipinski definition) is 3. The van der Waals surface area contributed by atoms with Crippen molar-refractivity contribution in [2.45, 2.75) is 5.41 Å². The minimum atomic E-state index is -1.03. The van der Waals surface area contributed by atoms with Crippen LogP contribution in [0.1, 0.15) is 11.1 Å². The topological polar surface area (TPSA) is 97.8 Å². The molecule has 23 heavy (non-hydrogen) atoms. The molecule has 2 aromatic carbocycles. The van der Waals surface area contributed by atoms with Gasteiger partial charge >= 0.3 is 0 Å². The Labute approximate surface area is 134 Å². The number of benzene rings is 2. The number of nitrogens with zero attached hydrogens (tertiary/aromatic N) is 1. The van der Waals surface area contributed by atoms with Crippen LogP contribution in [0, 0.1) is 0 Å². The predicted molar refractivity (Wildman–Crippen MR) is 89.5 cm³/mol. The van der Waals surface area contributed by atoms with Gasteiger partial charge in [-0.15, -0.1) is 0 Å². The van der Waals surface area contributed by atoms with Crippen LogP contribution in [-0.4, -0.2) is 22.6 Å². The molecule has 0 saturated heterocycles. The summed E-state index contributed by atoms with van der Waals surface area (Å²) in [5.74, 6) is -0.456. The third-order valence-corrected chi connectivity index (χ3v) is 4.20. The summed E-state index contributed by atoms with van der Waals surface area (Å²) in [6.07, 6.45) is 3.56. The number of nitrogens with one attached hydrogen (secondary N) is 1. The highest BCUT2D eigenvalue weighted by Gasteiger charge is 2.39. The van der Waals surface area contributed by atoms with Gasteiger partial charge in [-0.05, 0) is 16.7 Å². The van der Waals surface area contributed by atoms with Crippen LogP contribution in [0.4, 0.5) is 0 Å². The fourth-order valence-corrected chi connectivity index (χ4v) is 2.87. The first-order chi connectivity index (χ1) is 11.2. The highest BCUT2D eigenvalue weighted by Crippen LogP contribution is 2.32. The van der Waals surface area contributed by atoms with Crippen molar-refractivity contribution in [3.63, 3.8) is 0 Å². The fourth-order valence-electron chi connectivity index (χ4n) is 2.87. The molecule has 1 unspecified atom stereocenters. The van der Waals surface area contributed by atoms with E-state index in [1.165, 1.54) is 0 Å². The summed E-state index contributed by atoms with van der Waals surface area (Å²) in [6.45, 7) is 0.109. The van der Waals surface area contributed by atoms with Crippen molar-refractivity contribution in [1.29, 1.82) is 0 Å². The van der Waals surface area contributed by atoms with Crippen molar-refractivity contribution >= 4 is 5.91 Å². The molecule has 0 radical (unpaired) electrons. The predicted octanol–water partition coefficient (Wildman–Crippen LogP) is 1.81. The van der Waals surface area contributed by atoms with Crippen molar-refractivity contribution in [1.82, 2.24) is 10.2 Å². The van der Waals surface area contributed by atoms with Crippen LogP contribution in [0.2, 0.25) is 0 Å². The highest BCUT2D eigenvalue weighted by molar-refractivity contribution is 5.91. The van der Waals surface area contributed by atoms with Gasteiger partial charge in [-0.25, -0.2) is 0 Å². The van der Waals surface area contributed by atoms with Gasteiger partial charge < -0.3 is 11.5 Å². The van der Waals surface area contributed by atoms with Crippen molar-refractivity contribution in [2.75, 3.05) is 6.54 Å². The molecule has 1 atom stereocenters. The molecular weight excluding hydrogens is 288 g/mol. The van der Waals surface area contributed by atoms with Gasteiger partial charge in [-0.2, -0.15) is 5.10 Å². The van der Waals surface area contributed by atoms with E-state index in [0.717, 1.165) is 22.3 Å². The third kappa shape index (κ3) is 2.51. The van der Waals surface area contributed by atoms with Gasteiger partial charge in [0.2, 0.25) is 5.91 Å². The van der Waals surface area contributed by atoms with Crippen LogP contribution in [0.5, 0.6) is 0 Å². The Morgan fingerprint density at radius 3 is 2.17 bits per heavy atom. The van der Waals surface area contributed by atoms with E-state index in [-0.39, 0.29) is 6.54 Å². The second-order valence-electron chi connectivity index (χ2n) is 5.40. The molecule has 1 aromatic heterocycles. The zero-order chi connectivity index (χ0) is 16.3. The van der Waals surface area contributed by atoms with Crippen LogP contribution in [0.15, 0.2) is 67.0 Å². The first-order valence-corrected chi connectivity index (χ1v) is 7.33. The smallest absolute Gasteiger partial charge is 0.233 e. The molecule has 5 heteroatoms. The number of aromatic nitrogens is 2. The number of nitrogens with two attached hydrogens (primary N) is 2. The molecule has 1 amide bonds. The number of hydrogen-bond donors (Lipinski definition) is 3. The Balaban J connectivity index is 2.09. The second-order valence-corrected chi connectivity index (χ2v) is 5.40. The molecule has 0 fully saturated rings. The number of carbonyl (C=O) groups is 1. The van der Waals surface area contributed by atoms with Crippen molar-refractivity contribution < 1.29 is 4.79 Å². The van der Waals surface area contributed by atoms with E-state index in [1.807, 2.05) is 60.8 Å². The Hall–Kier alpha value is -2.92. The summed E-state index contributed by atoms with van der Waals surface area (Å²) in [6, 6.07) is 17.1. The Morgan fingerprint density at radius 2 is 1.65 bits per heavy atom. The third-order valence-electron chi connectivity index (χ3n) is 4.20. The molecule has 0 saturated carbocycles. The summed E-state index contributed by atoms with van der Waals surface area (Å²) in [5.41, 5.74) is 14.3. The molecule has 0 aliphatic heterocycles. The quantitative estimate of drug-likeness (QED) is 0.670. The average molecular weight is 306 g/mol. The van der Waals surface area contributed by atoms with Crippen LogP contribution in [0.3, 0.4) is 0 Å². The van der Waals surface area contributed by atoms with Crippen LogP contribution < -0.4 is 11.5 Å². The molecule has 3 aromatic rings. The zero-order valence-corrected chi connectivity index (χ0v) is 12.6. The monoisotopic (exact) mass is 306 g/mol. The number of amides is 1. The molecule has 3 rings (SSSR count). The maximum Gasteiger partial charge on any atom is 0.233 e. The normalized spacial score (nSPS) is 13.4. The molecule has 0 aliphatic rings. The first-order valence-electron chi connectivity index (χ1n) is 7.33. The lowest BCUT2D eigenvalue weighted by Gasteiger charge is -2.30. The Bertz CT molecular complexity index is 782. The van der Waals surface area contributed by atoms with Gasteiger partial charge in [0.15, 0.2) is 0 Å². The van der Waals surface area contributed by atoms with Crippen LogP contribution >= 0.6 is 0 Å². The van der Waals surface area contributed by atoms with E-state index in [9.17, 15) is 4.79 Å². The van der Waals surface area contributed by atoms with E-state index in [2.05, 4.69) is 10.2 Å². The van der Waals surface area contributed by atoms with E-state index >= 15 is 0 Å². The maximum atomic E-state index is 12.3. The van der Waals surface area contributed by atoms with E-state index < -0.39 is 11.3 Å². The number of carbonyl (C=O) groups excluding carboxylic acids is 1. The standard InChI is InChI=1S/C18H18N4O/c19-12-18(17(20)23,15-4-2-1-3-5-15)16-8-6-13(7-9-16)14-10-21-22-11-14/h1-11H,12,19H2,(H2,20,23)(H,21,22). The minimum absolute atomic E-state index is 0.109. The largest absolute Gasteiger partial charge is 0.369 e. The van der Waals surface area contributed by atoms with Gasteiger partial charge in [-0.3, -0.25) is 9.89 Å². The van der Waals surface area contributed by atoms with Gasteiger partial charge in [0, 0.05) is 18.3 Å². The Morgan fingerprint density at radius 1 is 1.00 bits per heavy atom. The van der Waals surface area contributed by atoms with E-state index in [0.29, 0.717) is 0 Å². The maximum absolute atomic E-state index is 12.3. The molecule has 5 N–H and O–H groups in total. The molecule has 0 aliphatic carbocycles. The summed E-state index contributed by atoms with van der Waals surface area (Å²) in [7, 11) is 0. The summed E-state index contributed by atoms with van der Waals surface area (Å²) >= 11 is 0. The van der Waals surface area contributed by atoms with Crippen molar-refractivity contribution in [3.05, 3.63) is 78.1 Å². The molecule has 0 bridgehead atoms. The second kappa shape index (κ2) is 6.06. The van der Waals surface area contributed by atoms with E-state index in [4.69, 9.17) is 11.5 Å². The lowest BCUT2D eigenvalue weighted by atomic mass is 9.73. The molecule has 0 spiro atoms. The molecule has 1 heterocycles.